The minimum atomic E-state index is 0.168. The molecule has 1 aromatic carbocycles. The van der Waals surface area contributed by atoms with Crippen molar-refractivity contribution in [2.75, 3.05) is 6.54 Å². The Morgan fingerprint density at radius 3 is 2.73 bits per heavy atom. The topological polar surface area (TPSA) is 76.8 Å². The average molecular weight is 477 g/mol. The number of likely N-dealkylation sites (tertiary alicyclic amines) is 1. The molecule has 0 spiro atoms. The summed E-state index contributed by atoms with van der Waals surface area (Å²) in [5.41, 5.74) is 3.47. The summed E-state index contributed by atoms with van der Waals surface area (Å²) in [7, 11) is 0. The number of carbonyl (C=O) groups is 1. The maximum Gasteiger partial charge on any atom is 0.223 e. The molecule has 4 heterocycles. The largest absolute Gasteiger partial charge is 0.335 e. The van der Waals surface area contributed by atoms with Gasteiger partial charge in [0, 0.05) is 35.9 Å². The summed E-state index contributed by atoms with van der Waals surface area (Å²) in [6.45, 7) is 3.36. The third-order valence-corrected chi connectivity index (χ3v) is 7.50. The Labute approximate surface area is 200 Å². The quantitative estimate of drug-likeness (QED) is 0.341. The Morgan fingerprint density at radius 1 is 1.12 bits per heavy atom. The molecule has 0 radical (unpaired) electrons. The van der Waals surface area contributed by atoms with Crippen LogP contribution in [0, 0.1) is 0 Å². The fourth-order valence-electron chi connectivity index (χ4n) is 3.78. The van der Waals surface area contributed by atoms with Gasteiger partial charge in [0.2, 0.25) is 5.91 Å². The van der Waals surface area contributed by atoms with E-state index in [0.717, 1.165) is 52.5 Å². The lowest BCUT2D eigenvalue weighted by atomic mass is 10.1. The van der Waals surface area contributed by atoms with Crippen LogP contribution in [0.4, 0.5) is 0 Å². The van der Waals surface area contributed by atoms with E-state index in [1.54, 1.807) is 29.3 Å². The number of amides is 1. The van der Waals surface area contributed by atoms with Crippen molar-refractivity contribution in [2.24, 2.45) is 0 Å². The van der Waals surface area contributed by atoms with Crippen molar-refractivity contribution in [1.82, 2.24) is 29.6 Å². The Balaban J connectivity index is 1.35. The molecule has 1 amide bonds. The smallest absolute Gasteiger partial charge is 0.223 e. The summed E-state index contributed by atoms with van der Waals surface area (Å²) >= 11 is 3.23. The summed E-state index contributed by atoms with van der Waals surface area (Å²) in [5.74, 6) is 2.32. The van der Waals surface area contributed by atoms with E-state index in [9.17, 15) is 4.79 Å². The van der Waals surface area contributed by atoms with Gasteiger partial charge >= 0.3 is 0 Å². The zero-order valence-electron chi connectivity index (χ0n) is 18.3. The molecule has 1 fully saturated rings. The first-order chi connectivity index (χ1) is 16.2. The maximum absolute atomic E-state index is 12.1. The van der Waals surface area contributed by atoms with Crippen molar-refractivity contribution in [2.45, 2.75) is 43.6 Å². The second-order valence-corrected chi connectivity index (χ2v) is 9.62. The molecule has 33 heavy (non-hydrogen) atoms. The average Bonchev–Trinajstić information content (AvgIpc) is 3.59. The molecule has 1 aliphatic rings. The van der Waals surface area contributed by atoms with Gasteiger partial charge in [-0.2, -0.15) is 0 Å². The van der Waals surface area contributed by atoms with Gasteiger partial charge in [0.15, 0.2) is 11.0 Å². The molecule has 9 heteroatoms. The van der Waals surface area contributed by atoms with Crippen molar-refractivity contribution in [1.29, 1.82) is 0 Å². The zero-order valence-corrected chi connectivity index (χ0v) is 20.0. The van der Waals surface area contributed by atoms with E-state index in [1.807, 2.05) is 27.7 Å². The number of benzene rings is 1. The Kier molecular flexibility index (Phi) is 6.50. The number of aromatic nitrogens is 5. The van der Waals surface area contributed by atoms with Crippen LogP contribution >= 0.6 is 23.1 Å². The maximum atomic E-state index is 12.1. The van der Waals surface area contributed by atoms with Crippen molar-refractivity contribution < 1.29 is 4.79 Å². The van der Waals surface area contributed by atoms with Gasteiger partial charge in [-0.15, -0.1) is 21.5 Å². The molecule has 4 aromatic rings. The van der Waals surface area contributed by atoms with Crippen molar-refractivity contribution in [3.05, 3.63) is 71.1 Å². The Hall–Kier alpha value is -3.04. The summed E-state index contributed by atoms with van der Waals surface area (Å²) < 4.78 is 1.95. The fraction of sp³-hybridized carbons (Fsp3) is 0.292. The zero-order chi connectivity index (χ0) is 22.6. The second-order valence-electron chi connectivity index (χ2n) is 7.82. The number of rotatable bonds is 8. The normalized spacial score (nSPS) is 13.7. The van der Waals surface area contributed by atoms with Gasteiger partial charge in [0.05, 0.1) is 12.2 Å². The number of pyridine rings is 1. The van der Waals surface area contributed by atoms with Gasteiger partial charge in [-0.25, -0.2) is 9.97 Å². The number of hydrogen-bond donors (Lipinski definition) is 0. The summed E-state index contributed by atoms with van der Waals surface area (Å²) in [5, 5.41) is 12.7. The summed E-state index contributed by atoms with van der Waals surface area (Å²) in [4.78, 5) is 23.3. The van der Waals surface area contributed by atoms with Gasteiger partial charge in [-0.05, 0) is 30.5 Å². The van der Waals surface area contributed by atoms with E-state index < -0.39 is 0 Å². The van der Waals surface area contributed by atoms with E-state index in [0.29, 0.717) is 18.7 Å². The monoisotopic (exact) mass is 476 g/mol. The van der Waals surface area contributed by atoms with Crippen LogP contribution in [0.25, 0.3) is 16.4 Å². The Bertz CT molecular complexity index is 1240. The SMILES string of the molecule is CCc1ccc(-c2nc(CSc3nnc(CN4CCCC4=O)n3-c3ccccn3)cs2)cc1. The Morgan fingerprint density at radius 2 is 2.00 bits per heavy atom. The molecule has 1 saturated heterocycles. The van der Waals surface area contributed by atoms with Crippen LogP contribution in [0.15, 0.2) is 59.2 Å². The highest BCUT2D eigenvalue weighted by atomic mass is 32.2. The molecule has 0 unspecified atom stereocenters. The van der Waals surface area contributed by atoms with Gasteiger partial charge in [0.1, 0.15) is 10.8 Å². The van der Waals surface area contributed by atoms with Gasteiger partial charge in [0.25, 0.3) is 0 Å². The first-order valence-corrected chi connectivity index (χ1v) is 12.9. The predicted molar refractivity (Wildman–Crippen MR) is 130 cm³/mol. The van der Waals surface area contributed by atoms with Crippen LogP contribution in [-0.4, -0.2) is 42.1 Å². The summed E-state index contributed by atoms with van der Waals surface area (Å²) in [6.07, 6.45) is 4.29. The summed E-state index contributed by atoms with van der Waals surface area (Å²) in [6, 6.07) is 14.4. The number of carbonyl (C=O) groups excluding carboxylic acids is 1. The number of hydrogen-bond acceptors (Lipinski definition) is 7. The minimum Gasteiger partial charge on any atom is -0.335 e. The highest BCUT2D eigenvalue weighted by Crippen LogP contribution is 2.29. The molecule has 5 rings (SSSR count). The highest BCUT2D eigenvalue weighted by molar-refractivity contribution is 7.98. The molecular formula is C24H24N6OS2. The molecule has 0 N–H and O–H groups in total. The van der Waals surface area contributed by atoms with Gasteiger partial charge < -0.3 is 4.90 Å². The van der Waals surface area contributed by atoms with E-state index in [2.05, 4.69) is 51.8 Å². The van der Waals surface area contributed by atoms with Crippen LogP contribution in [0.1, 0.15) is 36.8 Å². The first kappa shape index (κ1) is 21.8. The molecule has 7 nitrogen and oxygen atoms in total. The van der Waals surface area contributed by atoms with Crippen molar-refractivity contribution in [3.63, 3.8) is 0 Å². The first-order valence-electron chi connectivity index (χ1n) is 11.0. The molecule has 1 aliphatic heterocycles. The van der Waals surface area contributed by atoms with Crippen LogP contribution in [0.5, 0.6) is 0 Å². The molecule has 0 bridgehead atoms. The van der Waals surface area contributed by atoms with Crippen LogP contribution < -0.4 is 0 Å². The highest BCUT2D eigenvalue weighted by Gasteiger charge is 2.24. The molecule has 3 aromatic heterocycles. The predicted octanol–water partition coefficient (Wildman–Crippen LogP) is 4.76. The lowest BCUT2D eigenvalue weighted by molar-refractivity contribution is -0.128. The van der Waals surface area contributed by atoms with Crippen LogP contribution in [0.2, 0.25) is 0 Å². The number of thiazole rings is 1. The van der Waals surface area contributed by atoms with Crippen LogP contribution in [-0.2, 0) is 23.5 Å². The number of thioether (sulfide) groups is 1. The second kappa shape index (κ2) is 9.84. The number of aryl methyl sites for hydroxylation is 1. The molecule has 0 atom stereocenters. The third-order valence-electron chi connectivity index (χ3n) is 5.59. The minimum absolute atomic E-state index is 0.168. The third kappa shape index (κ3) is 4.84. The fourth-order valence-corrected chi connectivity index (χ4v) is 5.56. The van der Waals surface area contributed by atoms with E-state index in [1.165, 1.54) is 5.56 Å². The molecule has 168 valence electrons. The molecule has 0 aliphatic carbocycles. The van der Waals surface area contributed by atoms with Gasteiger partial charge in [-0.3, -0.25) is 9.36 Å². The van der Waals surface area contributed by atoms with E-state index in [4.69, 9.17) is 4.98 Å². The number of nitrogens with zero attached hydrogens (tertiary/aromatic N) is 6. The molecule has 0 saturated carbocycles. The van der Waals surface area contributed by atoms with Crippen molar-refractivity contribution in [3.8, 4) is 16.4 Å². The van der Waals surface area contributed by atoms with Crippen LogP contribution in [0.3, 0.4) is 0 Å². The van der Waals surface area contributed by atoms with Gasteiger partial charge in [-0.1, -0.05) is 49.0 Å². The van der Waals surface area contributed by atoms with Crippen molar-refractivity contribution >= 4 is 29.0 Å². The molecular weight excluding hydrogens is 452 g/mol. The lowest BCUT2D eigenvalue weighted by Crippen LogP contribution is -2.25. The van der Waals surface area contributed by atoms with E-state index >= 15 is 0 Å². The lowest BCUT2D eigenvalue weighted by Gasteiger charge is -2.16. The standard InChI is InChI=1S/C24H24N6OS2/c1-2-17-8-10-18(11-9-17)23-26-19(15-32-23)16-33-24-28-27-21(14-29-13-5-7-22(29)31)30(24)20-6-3-4-12-25-20/h3-4,6,8-12,15H,2,5,7,13-14,16H2,1H3. The van der Waals surface area contributed by atoms with E-state index in [-0.39, 0.29) is 5.91 Å².